The molecule has 0 aromatic rings. The molecule has 0 spiro atoms. The topological polar surface area (TPSA) is 43.4 Å². The summed E-state index contributed by atoms with van der Waals surface area (Å²) in [6, 6.07) is 0. The van der Waals surface area contributed by atoms with Crippen LogP contribution in [0.1, 0.15) is 26.2 Å². The summed E-state index contributed by atoms with van der Waals surface area (Å²) in [5.41, 5.74) is 0. The Morgan fingerprint density at radius 2 is 1.87 bits per heavy atom. The summed E-state index contributed by atoms with van der Waals surface area (Å²) in [6.45, 7) is 1.55. The predicted molar refractivity (Wildman–Crippen MR) is 46.1 cm³/mol. The van der Waals surface area contributed by atoms with E-state index in [4.69, 9.17) is 0 Å². The zero-order valence-corrected chi connectivity index (χ0v) is 8.56. The molecule has 1 atom stereocenters. The second-order valence-electron chi connectivity index (χ2n) is 3.07. The first-order valence-corrected chi connectivity index (χ1v) is 4.49. The van der Waals surface area contributed by atoms with Gasteiger partial charge in [-0.15, -0.1) is 0 Å². The van der Waals surface area contributed by atoms with Crippen molar-refractivity contribution in [2.45, 2.75) is 32.4 Å². The molecule has 88 valence electrons. The van der Waals surface area contributed by atoms with Crippen LogP contribution in [0.2, 0.25) is 0 Å². The van der Waals surface area contributed by atoms with Crippen molar-refractivity contribution in [3.8, 4) is 0 Å². The molecule has 6 heteroatoms. The second-order valence-corrected chi connectivity index (χ2v) is 3.07. The molecular formula is C9H13F3O3. The Bertz CT molecular complexity index is 235. The van der Waals surface area contributed by atoms with Crippen molar-refractivity contribution in [1.29, 1.82) is 0 Å². The average Bonchev–Trinajstić information content (AvgIpc) is 2.14. The molecule has 0 aliphatic rings. The van der Waals surface area contributed by atoms with Gasteiger partial charge in [-0.2, -0.15) is 13.2 Å². The number of halogens is 3. The highest BCUT2D eigenvalue weighted by molar-refractivity contribution is 5.98. The van der Waals surface area contributed by atoms with Crippen LogP contribution in [0.3, 0.4) is 0 Å². The third-order valence-electron chi connectivity index (χ3n) is 1.94. The molecule has 0 bridgehead atoms. The van der Waals surface area contributed by atoms with Crippen molar-refractivity contribution in [2.75, 3.05) is 7.11 Å². The summed E-state index contributed by atoms with van der Waals surface area (Å²) in [5, 5.41) is 0. The van der Waals surface area contributed by atoms with E-state index in [9.17, 15) is 22.8 Å². The number of ether oxygens (including phenoxy) is 1. The summed E-state index contributed by atoms with van der Waals surface area (Å²) >= 11 is 0. The summed E-state index contributed by atoms with van der Waals surface area (Å²) in [5.74, 6) is -2.57. The lowest BCUT2D eigenvalue weighted by Gasteiger charge is -2.11. The number of methoxy groups -OCH3 is 1. The van der Waals surface area contributed by atoms with E-state index < -0.39 is 36.7 Å². The minimum atomic E-state index is -4.37. The van der Waals surface area contributed by atoms with E-state index in [-0.39, 0.29) is 6.42 Å². The Hall–Kier alpha value is -1.07. The third kappa shape index (κ3) is 5.39. The van der Waals surface area contributed by atoms with E-state index in [0.717, 1.165) is 7.11 Å². The van der Waals surface area contributed by atoms with Crippen LogP contribution in [0, 0.1) is 5.92 Å². The van der Waals surface area contributed by atoms with E-state index in [1.54, 1.807) is 6.92 Å². The maximum atomic E-state index is 11.8. The predicted octanol–water partition coefficient (Wildman–Crippen LogP) is 2.10. The number of rotatable bonds is 5. The molecule has 0 heterocycles. The second kappa shape index (κ2) is 5.72. The van der Waals surface area contributed by atoms with E-state index in [2.05, 4.69) is 4.74 Å². The fourth-order valence-electron chi connectivity index (χ4n) is 1.11. The standard InChI is InChI=1S/C9H13F3O3/c1-3-6(8(14)15-2)7(13)4-5-9(10,11)12/h6H,3-5H2,1-2H3. The van der Waals surface area contributed by atoms with Gasteiger partial charge < -0.3 is 4.74 Å². The van der Waals surface area contributed by atoms with Gasteiger partial charge in [-0.05, 0) is 6.42 Å². The molecule has 0 fully saturated rings. The fraction of sp³-hybridized carbons (Fsp3) is 0.778. The van der Waals surface area contributed by atoms with Gasteiger partial charge in [-0.1, -0.05) is 6.92 Å². The molecule has 0 radical (unpaired) electrons. The molecular weight excluding hydrogens is 213 g/mol. The number of carbonyl (C=O) groups is 2. The highest BCUT2D eigenvalue weighted by Crippen LogP contribution is 2.23. The van der Waals surface area contributed by atoms with Gasteiger partial charge in [0.25, 0.3) is 0 Å². The molecule has 0 aliphatic heterocycles. The summed E-state index contributed by atoms with van der Waals surface area (Å²) in [7, 11) is 1.10. The van der Waals surface area contributed by atoms with Gasteiger partial charge in [0.2, 0.25) is 0 Å². The maximum Gasteiger partial charge on any atom is 0.389 e. The Morgan fingerprint density at radius 3 is 2.20 bits per heavy atom. The minimum Gasteiger partial charge on any atom is -0.468 e. The number of alkyl halides is 3. The smallest absolute Gasteiger partial charge is 0.389 e. The van der Waals surface area contributed by atoms with Crippen LogP contribution in [0.15, 0.2) is 0 Å². The average molecular weight is 226 g/mol. The molecule has 0 saturated heterocycles. The molecule has 15 heavy (non-hydrogen) atoms. The number of hydrogen-bond donors (Lipinski definition) is 0. The molecule has 3 nitrogen and oxygen atoms in total. The summed E-state index contributed by atoms with van der Waals surface area (Å²) in [6.07, 6.45) is -6.08. The Kier molecular flexibility index (Phi) is 5.32. The number of ketones is 1. The number of hydrogen-bond acceptors (Lipinski definition) is 3. The van der Waals surface area contributed by atoms with E-state index >= 15 is 0 Å². The Morgan fingerprint density at radius 1 is 1.33 bits per heavy atom. The van der Waals surface area contributed by atoms with Crippen molar-refractivity contribution >= 4 is 11.8 Å². The van der Waals surface area contributed by atoms with Gasteiger partial charge >= 0.3 is 12.1 Å². The first-order valence-electron chi connectivity index (χ1n) is 4.49. The monoisotopic (exact) mass is 226 g/mol. The first-order chi connectivity index (χ1) is 6.81. The zero-order valence-electron chi connectivity index (χ0n) is 8.56. The quantitative estimate of drug-likeness (QED) is 0.532. The Labute approximate surface area is 85.6 Å². The van der Waals surface area contributed by atoms with Gasteiger partial charge in [-0.3, -0.25) is 9.59 Å². The van der Waals surface area contributed by atoms with Crippen molar-refractivity contribution in [3.63, 3.8) is 0 Å². The largest absolute Gasteiger partial charge is 0.468 e. The number of Topliss-reactive ketones (excluding diaryl/α,β-unsaturated/α-hetero) is 1. The normalized spacial score (nSPS) is 13.4. The maximum absolute atomic E-state index is 11.8. The lowest BCUT2D eigenvalue weighted by Crippen LogP contribution is -2.25. The van der Waals surface area contributed by atoms with Crippen LogP contribution in [-0.4, -0.2) is 25.0 Å². The van der Waals surface area contributed by atoms with Gasteiger partial charge in [-0.25, -0.2) is 0 Å². The van der Waals surface area contributed by atoms with Gasteiger partial charge in [0.15, 0.2) is 0 Å². The highest BCUT2D eigenvalue weighted by atomic mass is 19.4. The molecule has 0 amide bonds. The van der Waals surface area contributed by atoms with Crippen LogP contribution in [-0.2, 0) is 14.3 Å². The lowest BCUT2D eigenvalue weighted by atomic mass is 9.98. The molecule has 0 N–H and O–H groups in total. The van der Waals surface area contributed by atoms with Crippen LogP contribution in [0.4, 0.5) is 13.2 Å². The van der Waals surface area contributed by atoms with E-state index in [1.807, 2.05) is 0 Å². The third-order valence-corrected chi connectivity index (χ3v) is 1.94. The Balaban J connectivity index is 4.23. The van der Waals surface area contributed by atoms with Crippen molar-refractivity contribution < 1.29 is 27.5 Å². The van der Waals surface area contributed by atoms with Crippen molar-refractivity contribution in [1.82, 2.24) is 0 Å². The number of esters is 1. The van der Waals surface area contributed by atoms with Crippen molar-refractivity contribution in [2.24, 2.45) is 5.92 Å². The van der Waals surface area contributed by atoms with Gasteiger partial charge in [0.05, 0.1) is 13.5 Å². The van der Waals surface area contributed by atoms with Crippen LogP contribution in [0.5, 0.6) is 0 Å². The molecule has 0 aromatic carbocycles. The minimum absolute atomic E-state index is 0.156. The fourth-order valence-corrected chi connectivity index (χ4v) is 1.11. The molecule has 0 rings (SSSR count). The molecule has 0 aliphatic carbocycles. The van der Waals surface area contributed by atoms with Gasteiger partial charge in [0.1, 0.15) is 11.7 Å². The summed E-state index contributed by atoms with van der Waals surface area (Å²) in [4.78, 5) is 22.2. The molecule has 0 aromatic heterocycles. The molecule has 1 unspecified atom stereocenters. The lowest BCUT2D eigenvalue weighted by molar-refractivity contribution is -0.154. The summed E-state index contributed by atoms with van der Waals surface area (Å²) < 4.78 is 39.7. The van der Waals surface area contributed by atoms with Crippen molar-refractivity contribution in [3.05, 3.63) is 0 Å². The first kappa shape index (κ1) is 13.9. The van der Waals surface area contributed by atoms with Crippen LogP contribution >= 0.6 is 0 Å². The SMILES string of the molecule is CCC(C(=O)CCC(F)(F)F)C(=O)OC. The highest BCUT2D eigenvalue weighted by Gasteiger charge is 2.32. The van der Waals surface area contributed by atoms with Gasteiger partial charge in [0, 0.05) is 6.42 Å². The number of carbonyl (C=O) groups excluding carboxylic acids is 2. The molecule has 0 saturated carbocycles. The van der Waals surface area contributed by atoms with Crippen LogP contribution < -0.4 is 0 Å². The van der Waals surface area contributed by atoms with Crippen LogP contribution in [0.25, 0.3) is 0 Å². The zero-order chi connectivity index (χ0) is 12.1. The van der Waals surface area contributed by atoms with E-state index in [0.29, 0.717) is 0 Å². The van der Waals surface area contributed by atoms with E-state index in [1.165, 1.54) is 0 Å².